The molecule has 0 fully saturated rings. The van der Waals surface area contributed by atoms with Crippen LogP contribution in [0.3, 0.4) is 0 Å². The van der Waals surface area contributed by atoms with E-state index in [1.807, 2.05) is 41.1 Å². The lowest BCUT2D eigenvalue weighted by Gasteiger charge is -2.13. The number of imidazole rings is 1. The number of rotatable bonds is 12. The minimum Gasteiger partial charge on any atom is -0.493 e. The van der Waals surface area contributed by atoms with Crippen LogP contribution in [0.1, 0.15) is 35.7 Å². The molecule has 2 N–H and O–H groups in total. The number of aromatic nitrogens is 2. The van der Waals surface area contributed by atoms with Crippen LogP contribution in [-0.2, 0) is 11.3 Å². The van der Waals surface area contributed by atoms with Crippen LogP contribution in [0.4, 0.5) is 0 Å². The van der Waals surface area contributed by atoms with Gasteiger partial charge in [0.25, 0.3) is 5.91 Å². The Morgan fingerprint density at radius 2 is 1.85 bits per heavy atom. The molecule has 0 saturated heterocycles. The van der Waals surface area contributed by atoms with E-state index in [1.165, 1.54) is 11.8 Å². The van der Waals surface area contributed by atoms with Crippen LogP contribution in [-0.4, -0.2) is 47.9 Å². The van der Waals surface area contributed by atoms with Gasteiger partial charge in [0.1, 0.15) is 0 Å². The van der Waals surface area contributed by atoms with Gasteiger partial charge in [-0.15, -0.1) is 0 Å². The van der Waals surface area contributed by atoms with Gasteiger partial charge in [-0.05, 0) is 36.8 Å². The Labute approximate surface area is 204 Å². The molecule has 3 aromatic rings. The van der Waals surface area contributed by atoms with Gasteiger partial charge < -0.3 is 20.1 Å². The maximum Gasteiger partial charge on any atom is 0.251 e. The van der Waals surface area contributed by atoms with Gasteiger partial charge in [0.2, 0.25) is 5.91 Å². The van der Waals surface area contributed by atoms with Crippen LogP contribution in [0.2, 0.25) is 0 Å². The first-order valence-corrected chi connectivity index (χ1v) is 12.1. The zero-order chi connectivity index (χ0) is 24.3. The molecule has 9 heteroatoms. The van der Waals surface area contributed by atoms with E-state index in [4.69, 9.17) is 9.47 Å². The van der Waals surface area contributed by atoms with E-state index in [0.717, 1.165) is 24.1 Å². The lowest BCUT2D eigenvalue weighted by Crippen LogP contribution is -2.25. The number of thioether (sulfide) groups is 1. The van der Waals surface area contributed by atoms with Crippen molar-refractivity contribution in [3.05, 3.63) is 66.0 Å². The van der Waals surface area contributed by atoms with E-state index < -0.39 is 0 Å². The van der Waals surface area contributed by atoms with E-state index in [0.29, 0.717) is 35.3 Å². The number of amides is 2. The first kappa shape index (κ1) is 25.2. The van der Waals surface area contributed by atoms with Crippen LogP contribution in [0.25, 0.3) is 5.69 Å². The zero-order valence-electron chi connectivity index (χ0n) is 19.7. The Balaban J connectivity index is 1.56. The highest BCUT2D eigenvalue weighted by molar-refractivity contribution is 7.99. The average molecular weight is 483 g/mol. The number of nitrogens with one attached hydrogen (secondary N) is 2. The highest BCUT2D eigenvalue weighted by Gasteiger charge is 2.13. The number of methoxy groups -OCH3 is 2. The molecule has 3 rings (SSSR count). The van der Waals surface area contributed by atoms with Crippen LogP contribution in [0, 0.1) is 0 Å². The minimum absolute atomic E-state index is 0.0791. The molecule has 1 aromatic heterocycles. The van der Waals surface area contributed by atoms with Gasteiger partial charge in [0, 0.05) is 42.3 Å². The van der Waals surface area contributed by atoms with E-state index >= 15 is 0 Å². The third kappa shape index (κ3) is 6.54. The number of carbonyl (C=O) groups is 2. The Bertz CT molecular complexity index is 1100. The van der Waals surface area contributed by atoms with Crippen LogP contribution < -0.4 is 20.1 Å². The SMILES string of the molecule is CCCCNC(=O)c1ccc(-n2ccnc2SCC(=O)NCc2cccc(OC)c2OC)cc1. The van der Waals surface area contributed by atoms with Gasteiger partial charge in [-0.3, -0.25) is 14.2 Å². The Hall–Kier alpha value is -3.46. The molecular formula is C25H30N4O4S. The highest BCUT2D eigenvalue weighted by Crippen LogP contribution is 2.30. The summed E-state index contributed by atoms with van der Waals surface area (Å²) in [5.41, 5.74) is 2.31. The summed E-state index contributed by atoms with van der Waals surface area (Å²) in [5, 5.41) is 6.51. The summed E-state index contributed by atoms with van der Waals surface area (Å²) >= 11 is 1.34. The molecule has 0 aliphatic rings. The Morgan fingerprint density at radius 1 is 1.06 bits per heavy atom. The topological polar surface area (TPSA) is 94.5 Å². The smallest absolute Gasteiger partial charge is 0.251 e. The molecule has 180 valence electrons. The molecule has 0 radical (unpaired) electrons. The summed E-state index contributed by atoms with van der Waals surface area (Å²) < 4.78 is 12.6. The molecule has 0 aliphatic heterocycles. The molecule has 2 aromatic carbocycles. The second kappa shape index (κ2) is 12.7. The third-order valence-corrected chi connectivity index (χ3v) is 6.09. The maximum atomic E-state index is 12.5. The predicted octanol–water partition coefficient (Wildman–Crippen LogP) is 3.83. The zero-order valence-corrected chi connectivity index (χ0v) is 20.5. The largest absolute Gasteiger partial charge is 0.493 e. The molecule has 0 saturated carbocycles. The lowest BCUT2D eigenvalue weighted by atomic mass is 10.2. The maximum absolute atomic E-state index is 12.5. The molecule has 2 amide bonds. The molecule has 0 spiro atoms. The van der Waals surface area contributed by atoms with Crippen molar-refractivity contribution >= 4 is 23.6 Å². The van der Waals surface area contributed by atoms with E-state index in [2.05, 4.69) is 22.5 Å². The number of hydrogen-bond acceptors (Lipinski definition) is 6. The average Bonchev–Trinajstić information content (AvgIpc) is 3.34. The third-order valence-electron chi connectivity index (χ3n) is 5.12. The quantitative estimate of drug-likeness (QED) is 0.301. The molecule has 0 bridgehead atoms. The van der Waals surface area contributed by atoms with Crippen molar-refractivity contribution in [1.82, 2.24) is 20.2 Å². The summed E-state index contributed by atoms with van der Waals surface area (Å²) in [5.74, 6) is 1.24. The van der Waals surface area contributed by atoms with Crippen molar-refractivity contribution < 1.29 is 19.1 Å². The second-order valence-electron chi connectivity index (χ2n) is 7.45. The monoisotopic (exact) mass is 482 g/mol. The summed E-state index contributed by atoms with van der Waals surface area (Å²) in [4.78, 5) is 29.0. The molecule has 34 heavy (non-hydrogen) atoms. The molecule has 0 unspecified atom stereocenters. The minimum atomic E-state index is -0.122. The standard InChI is InChI=1S/C25H30N4O4S/c1-4-5-13-26-24(31)18-9-11-20(12-10-18)29-15-14-27-25(29)34-17-22(30)28-16-19-7-6-8-21(32-2)23(19)33-3/h6-12,14-15H,4-5,13,16-17H2,1-3H3,(H,26,31)(H,28,30). The normalized spacial score (nSPS) is 10.6. The summed E-state index contributed by atoms with van der Waals surface area (Å²) in [7, 11) is 3.15. The molecular weight excluding hydrogens is 452 g/mol. The number of nitrogens with zero attached hydrogens (tertiary/aromatic N) is 2. The van der Waals surface area contributed by atoms with Crippen LogP contribution >= 0.6 is 11.8 Å². The van der Waals surface area contributed by atoms with Crippen LogP contribution in [0.5, 0.6) is 11.5 Å². The lowest BCUT2D eigenvalue weighted by molar-refractivity contribution is -0.118. The summed E-state index contributed by atoms with van der Waals surface area (Å²) in [6.07, 6.45) is 5.51. The van der Waals surface area contributed by atoms with Crippen molar-refractivity contribution in [2.24, 2.45) is 0 Å². The highest BCUT2D eigenvalue weighted by atomic mass is 32.2. The Kier molecular flexibility index (Phi) is 9.40. The summed E-state index contributed by atoms with van der Waals surface area (Å²) in [6.45, 7) is 3.09. The number of hydrogen-bond donors (Lipinski definition) is 2. The van der Waals surface area contributed by atoms with Crippen molar-refractivity contribution in [2.75, 3.05) is 26.5 Å². The number of carbonyl (C=O) groups excluding carboxylic acids is 2. The first-order valence-electron chi connectivity index (χ1n) is 11.1. The van der Waals surface area contributed by atoms with E-state index in [9.17, 15) is 9.59 Å². The molecule has 0 aliphatic carbocycles. The molecule has 0 atom stereocenters. The van der Waals surface area contributed by atoms with Gasteiger partial charge >= 0.3 is 0 Å². The van der Waals surface area contributed by atoms with Crippen molar-refractivity contribution in [1.29, 1.82) is 0 Å². The number of ether oxygens (including phenoxy) is 2. The fourth-order valence-corrected chi connectivity index (χ4v) is 4.12. The second-order valence-corrected chi connectivity index (χ2v) is 8.40. The van der Waals surface area contributed by atoms with Gasteiger partial charge in [0.05, 0.1) is 20.0 Å². The Morgan fingerprint density at radius 3 is 2.56 bits per heavy atom. The number of para-hydroxylation sites is 1. The fourth-order valence-electron chi connectivity index (χ4n) is 3.32. The van der Waals surface area contributed by atoms with Gasteiger partial charge in [-0.25, -0.2) is 4.98 Å². The van der Waals surface area contributed by atoms with E-state index in [-0.39, 0.29) is 17.6 Å². The van der Waals surface area contributed by atoms with Gasteiger partial charge in [-0.1, -0.05) is 37.2 Å². The summed E-state index contributed by atoms with van der Waals surface area (Å²) in [6, 6.07) is 12.9. The van der Waals surface area contributed by atoms with Crippen molar-refractivity contribution in [3.8, 4) is 17.2 Å². The number of unbranched alkanes of at least 4 members (excludes halogenated alkanes) is 1. The van der Waals surface area contributed by atoms with Crippen molar-refractivity contribution in [2.45, 2.75) is 31.5 Å². The predicted molar refractivity (Wildman–Crippen MR) is 133 cm³/mol. The fraction of sp³-hybridized carbons (Fsp3) is 0.320. The molecule has 1 heterocycles. The molecule has 8 nitrogen and oxygen atoms in total. The first-order chi connectivity index (χ1) is 16.6. The van der Waals surface area contributed by atoms with E-state index in [1.54, 1.807) is 32.5 Å². The van der Waals surface area contributed by atoms with Crippen LogP contribution in [0.15, 0.2) is 60.0 Å². The van der Waals surface area contributed by atoms with Crippen molar-refractivity contribution in [3.63, 3.8) is 0 Å². The number of benzene rings is 2. The van der Waals surface area contributed by atoms with Gasteiger partial charge in [0.15, 0.2) is 16.7 Å². The van der Waals surface area contributed by atoms with Gasteiger partial charge in [-0.2, -0.15) is 0 Å².